The fraction of sp³-hybridized carbons (Fsp3) is 0.500. The van der Waals surface area contributed by atoms with Gasteiger partial charge in [0.1, 0.15) is 6.04 Å². The van der Waals surface area contributed by atoms with Crippen molar-refractivity contribution in [3.05, 3.63) is 21.4 Å². The molecule has 3 amide bonds. The standard InChI is InChI=1S/C14H18N2O3S/c1-7-5-9(14(2,3)4)20-11(7)13(19)15-8-6-10(17)16-12(8)18/h5,8H,6H2,1-4H3,(H,15,19)(H,16,17,18). The number of rotatable bonds is 2. The molecule has 0 radical (unpaired) electrons. The van der Waals surface area contributed by atoms with Gasteiger partial charge in [-0.2, -0.15) is 0 Å². The zero-order valence-corrected chi connectivity index (χ0v) is 12.8. The molecule has 5 nitrogen and oxygen atoms in total. The minimum atomic E-state index is -0.755. The molecule has 1 saturated heterocycles. The maximum absolute atomic E-state index is 12.2. The first kappa shape index (κ1) is 14.7. The molecule has 0 saturated carbocycles. The van der Waals surface area contributed by atoms with Gasteiger partial charge in [0.2, 0.25) is 11.8 Å². The van der Waals surface area contributed by atoms with Crippen LogP contribution in [0.25, 0.3) is 0 Å². The summed E-state index contributed by atoms with van der Waals surface area (Å²) in [6.07, 6.45) is 0.0150. The fourth-order valence-electron chi connectivity index (χ4n) is 1.97. The van der Waals surface area contributed by atoms with E-state index < -0.39 is 11.9 Å². The van der Waals surface area contributed by atoms with Gasteiger partial charge in [0.25, 0.3) is 5.91 Å². The summed E-state index contributed by atoms with van der Waals surface area (Å²) in [5.41, 5.74) is 0.872. The van der Waals surface area contributed by atoms with E-state index in [9.17, 15) is 14.4 Å². The second-order valence-electron chi connectivity index (χ2n) is 6.02. The maximum atomic E-state index is 12.2. The van der Waals surface area contributed by atoms with Crippen LogP contribution in [0.2, 0.25) is 0 Å². The van der Waals surface area contributed by atoms with Crippen LogP contribution in [0.3, 0.4) is 0 Å². The topological polar surface area (TPSA) is 75.3 Å². The van der Waals surface area contributed by atoms with E-state index in [2.05, 4.69) is 31.4 Å². The Hall–Kier alpha value is -1.69. The fourth-order valence-corrected chi connectivity index (χ4v) is 3.10. The molecule has 1 fully saturated rings. The summed E-state index contributed by atoms with van der Waals surface area (Å²) in [5.74, 6) is -1.08. The number of carbonyl (C=O) groups is 3. The third kappa shape index (κ3) is 2.90. The third-order valence-corrected chi connectivity index (χ3v) is 4.80. The highest BCUT2D eigenvalue weighted by Crippen LogP contribution is 2.32. The van der Waals surface area contributed by atoms with E-state index in [0.29, 0.717) is 4.88 Å². The van der Waals surface area contributed by atoms with Crippen molar-refractivity contribution in [2.45, 2.75) is 45.6 Å². The molecule has 0 spiro atoms. The van der Waals surface area contributed by atoms with Gasteiger partial charge in [0.05, 0.1) is 11.3 Å². The Labute approximate surface area is 121 Å². The number of carbonyl (C=O) groups excluding carboxylic acids is 3. The molecular weight excluding hydrogens is 276 g/mol. The average molecular weight is 294 g/mol. The van der Waals surface area contributed by atoms with Crippen LogP contribution in [-0.2, 0) is 15.0 Å². The minimum Gasteiger partial charge on any atom is -0.339 e. The average Bonchev–Trinajstić information content (AvgIpc) is 2.82. The summed E-state index contributed by atoms with van der Waals surface area (Å²) in [6.45, 7) is 8.13. The Kier molecular flexibility index (Phi) is 3.69. The van der Waals surface area contributed by atoms with Gasteiger partial charge in [-0.15, -0.1) is 11.3 Å². The predicted molar refractivity (Wildman–Crippen MR) is 76.8 cm³/mol. The SMILES string of the molecule is Cc1cc(C(C)(C)C)sc1C(=O)NC1CC(=O)NC1=O. The van der Waals surface area contributed by atoms with Crippen LogP contribution in [0.5, 0.6) is 0 Å². The largest absolute Gasteiger partial charge is 0.339 e. The van der Waals surface area contributed by atoms with Crippen LogP contribution in [0, 0.1) is 6.92 Å². The van der Waals surface area contributed by atoms with Gasteiger partial charge in [-0.1, -0.05) is 20.8 Å². The third-order valence-electron chi connectivity index (χ3n) is 3.14. The van der Waals surface area contributed by atoms with Crippen LogP contribution >= 0.6 is 11.3 Å². The number of amides is 3. The Morgan fingerprint density at radius 3 is 2.50 bits per heavy atom. The van der Waals surface area contributed by atoms with E-state index in [1.165, 1.54) is 11.3 Å². The summed E-state index contributed by atoms with van der Waals surface area (Å²) < 4.78 is 0. The van der Waals surface area contributed by atoms with Gasteiger partial charge in [-0.25, -0.2) is 0 Å². The number of nitrogens with one attached hydrogen (secondary N) is 2. The number of hydrogen-bond acceptors (Lipinski definition) is 4. The highest BCUT2D eigenvalue weighted by Gasteiger charge is 2.32. The molecule has 0 aromatic carbocycles. The first-order chi connectivity index (χ1) is 9.18. The lowest BCUT2D eigenvalue weighted by molar-refractivity contribution is -0.125. The van der Waals surface area contributed by atoms with Gasteiger partial charge in [-0.05, 0) is 24.0 Å². The molecule has 1 unspecified atom stereocenters. The van der Waals surface area contributed by atoms with Crippen molar-refractivity contribution in [2.24, 2.45) is 0 Å². The van der Waals surface area contributed by atoms with E-state index in [0.717, 1.165) is 10.4 Å². The second-order valence-corrected chi connectivity index (χ2v) is 7.07. The predicted octanol–water partition coefficient (Wildman–Crippen LogP) is 1.50. The van der Waals surface area contributed by atoms with Crippen molar-refractivity contribution in [3.8, 4) is 0 Å². The van der Waals surface area contributed by atoms with E-state index in [-0.39, 0.29) is 23.7 Å². The number of thiophene rings is 1. The van der Waals surface area contributed by atoms with Crippen molar-refractivity contribution < 1.29 is 14.4 Å². The molecule has 0 aliphatic carbocycles. The van der Waals surface area contributed by atoms with Crippen LogP contribution in [0.1, 0.15) is 47.3 Å². The lowest BCUT2D eigenvalue weighted by Crippen LogP contribution is -2.40. The van der Waals surface area contributed by atoms with Gasteiger partial charge in [0, 0.05) is 4.88 Å². The summed E-state index contributed by atoms with van der Waals surface area (Å²) in [6, 6.07) is 1.24. The summed E-state index contributed by atoms with van der Waals surface area (Å²) in [5, 5.41) is 4.80. The molecule has 2 heterocycles. The van der Waals surface area contributed by atoms with Gasteiger partial charge >= 0.3 is 0 Å². The van der Waals surface area contributed by atoms with Crippen LogP contribution in [0.15, 0.2) is 6.07 Å². The van der Waals surface area contributed by atoms with E-state index in [1.807, 2.05) is 13.0 Å². The molecule has 20 heavy (non-hydrogen) atoms. The first-order valence-corrected chi connectivity index (χ1v) is 7.25. The number of hydrogen-bond donors (Lipinski definition) is 2. The molecule has 0 bridgehead atoms. The molecule has 1 aromatic rings. The van der Waals surface area contributed by atoms with E-state index >= 15 is 0 Å². The number of imide groups is 1. The highest BCUT2D eigenvalue weighted by atomic mass is 32.1. The van der Waals surface area contributed by atoms with Crippen LogP contribution < -0.4 is 10.6 Å². The minimum absolute atomic E-state index is 0.0150. The Morgan fingerprint density at radius 2 is 2.05 bits per heavy atom. The number of aryl methyl sites for hydroxylation is 1. The first-order valence-electron chi connectivity index (χ1n) is 6.44. The maximum Gasteiger partial charge on any atom is 0.262 e. The van der Waals surface area contributed by atoms with E-state index in [4.69, 9.17) is 0 Å². The summed E-state index contributed by atoms with van der Waals surface area (Å²) in [4.78, 5) is 36.5. The lowest BCUT2D eigenvalue weighted by atomic mass is 9.94. The van der Waals surface area contributed by atoms with Crippen LogP contribution in [0.4, 0.5) is 0 Å². The molecular formula is C14H18N2O3S. The van der Waals surface area contributed by atoms with Crippen molar-refractivity contribution >= 4 is 29.1 Å². The molecule has 1 aliphatic rings. The Balaban J connectivity index is 2.16. The molecule has 1 atom stereocenters. The molecule has 1 aliphatic heterocycles. The Bertz CT molecular complexity index is 584. The zero-order valence-electron chi connectivity index (χ0n) is 12.0. The van der Waals surface area contributed by atoms with Gasteiger partial charge in [-0.3, -0.25) is 19.7 Å². The van der Waals surface area contributed by atoms with Gasteiger partial charge < -0.3 is 5.32 Å². The van der Waals surface area contributed by atoms with E-state index in [1.54, 1.807) is 0 Å². The molecule has 2 rings (SSSR count). The molecule has 1 aromatic heterocycles. The van der Waals surface area contributed by atoms with Crippen molar-refractivity contribution in [3.63, 3.8) is 0 Å². The Morgan fingerprint density at radius 1 is 1.40 bits per heavy atom. The lowest BCUT2D eigenvalue weighted by Gasteiger charge is -2.15. The smallest absolute Gasteiger partial charge is 0.262 e. The van der Waals surface area contributed by atoms with Crippen LogP contribution in [-0.4, -0.2) is 23.8 Å². The summed E-state index contributed by atoms with van der Waals surface area (Å²) >= 11 is 1.43. The quantitative estimate of drug-likeness (QED) is 0.812. The second kappa shape index (κ2) is 5.01. The zero-order chi connectivity index (χ0) is 15.1. The molecule has 108 valence electrons. The summed E-state index contributed by atoms with van der Waals surface area (Å²) in [7, 11) is 0. The normalized spacial score (nSPS) is 19.1. The van der Waals surface area contributed by atoms with Crippen molar-refractivity contribution in [1.29, 1.82) is 0 Å². The molecule has 2 N–H and O–H groups in total. The van der Waals surface area contributed by atoms with Crippen molar-refractivity contribution in [1.82, 2.24) is 10.6 Å². The van der Waals surface area contributed by atoms with Gasteiger partial charge in [0.15, 0.2) is 0 Å². The molecule has 6 heteroatoms. The van der Waals surface area contributed by atoms with Crippen molar-refractivity contribution in [2.75, 3.05) is 0 Å². The monoisotopic (exact) mass is 294 g/mol. The highest BCUT2D eigenvalue weighted by molar-refractivity contribution is 7.14.